The van der Waals surface area contributed by atoms with E-state index in [4.69, 9.17) is 30.5 Å². The Bertz CT molecular complexity index is 1010. The summed E-state index contributed by atoms with van der Waals surface area (Å²) in [4.78, 5) is 7.26. The second kappa shape index (κ2) is 8.78. The lowest BCUT2D eigenvalue weighted by Gasteiger charge is -2.25. The first kappa shape index (κ1) is 19.0. The van der Waals surface area contributed by atoms with Crippen molar-refractivity contribution >= 4 is 22.6 Å². The van der Waals surface area contributed by atoms with Gasteiger partial charge in [0.2, 0.25) is 0 Å². The zero-order valence-corrected chi connectivity index (χ0v) is 16.6. The molecule has 0 N–H and O–H groups in total. The summed E-state index contributed by atoms with van der Waals surface area (Å²) in [5, 5.41) is 2.54. The summed E-state index contributed by atoms with van der Waals surface area (Å²) in [6, 6.07) is 15.4. The highest BCUT2D eigenvalue weighted by Crippen LogP contribution is 2.25. The van der Waals surface area contributed by atoms with Crippen LogP contribution in [-0.4, -0.2) is 51.4 Å². The van der Waals surface area contributed by atoms with Gasteiger partial charge in [0, 0.05) is 41.7 Å². The molecule has 0 spiro atoms. The lowest BCUT2D eigenvalue weighted by Crippen LogP contribution is -2.37. The number of hydrogen-bond acceptors (Lipinski definition) is 5. The molecule has 0 unspecified atom stereocenters. The van der Waals surface area contributed by atoms with Gasteiger partial charge in [-0.1, -0.05) is 11.6 Å². The number of halogens is 1. The Labute approximate surface area is 169 Å². The maximum atomic E-state index is 6.14. The van der Waals surface area contributed by atoms with Crippen LogP contribution in [0.25, 0.3) is 22.3 Å². The summed E-state index contributed by atoms with van der Waals surface area (Å²) in [5.41, 5.74) is 1.74. The molecule has 6 heteroatoms. The van der Waals surface area contributed by atoms with Crippen LogP contribution in [0, 0.1) is 0 Å². The van der Waals surface area contributed by atoms with Gasteiger partial charge in [-0.2, -0.15) is 0 Å². The molecule has 0 radical (unpaired) electrons. The van der Waals surface area contributed by atoms with Gasteiger partial charge in [0.25, 0.3) is 0 Å². The molecular weight excluding hydrogens is 376 g/mol. The maximum Gasteiger partial charge on any atom is 0.137 e. The van der Waals surface area contributed by atoms with Crippen LogP contribution < -0.4 is 10.1 Å². The van der Waals surface area contributed by atoms with Crippen LogP contribution in [0.15, 0.2) is 57.9 Å². The van der Waals surface area contributed by atoms with Crippen LogP contribution in [-0.2, 0) is 4.74 Å². The van der Waals surface area contributed by atoms with Gasteiger partial charge in [-0.25, -0.2) is 0 Å². The predicted molar refractivity (Wildman–Crippen MR) is 111 cm³/mol. The Morgan fingerprint density at radius 2 is 1.86 bits per heavy atom. The summed E-state index contributed by atoms with van der Waals surface area (Å²) in [5.74, 6) is 1.55. The zero-order valence-electron chi connectivity index (χ0n) is 15.9. The molecule has 0 saturated carbocycles. The van der Waals surface area contributed by atoms with E-state index in [1.807, 2.05) is 48.5 Å². The van der Waals surface area contributed by atoms with Crippen molar-refractivity contribution in [2.75, 3.05) is 46.5 Å². The lowest BCUT2D eigenvalue weighted by atomic mass is 10.1. The van der Waals surface area contributed by atoms with Crippen molar-refractivity contribution in [3.8, 4) is 17.1 Å². The first-order valence-corrected chi connectivity index (χ1v) is 9.79. The van der Waals surface area contributed by atoms with Crippen molar-refractivity contribution in [2.24, 2.45) is 4.99 Å². The third-order valence-corrected chi connectivity index (χ3v) is 5.13. The third kappa shape index (κ3) is 4.38. The molecule has 1 aliphatic rings. The monoisotopic (exact) mass is 398 g/mol. The van der Waals surface area contributed by atoms with E-state index in [1.165, 1.54) is 0 Å². The second-order valence-corrected chi connectivity index (χ2v) is 7.14. The maximum absolute atomic E-state index is 6.14. The molecule has 3 aromatic rings. The quantitative estimate of drug-likeness (QED) is 0.651. The van der Waals surface area contributed by atoms with Gasteiger partial charge in [0.05, 0.1) is 32.2 Å². The van der Waals surface area contributed by atoms with E-state index >= 15 is 0 Å². The predicted octanol–water partition coefficient (Wildman–Crippen LogP) is 3.99. The molecule has 4 rings (SSSR count). The minimum absolute atomic E-state index is 0.699. The van der Waals surface area contributed by atoms with Crippen LogP contribution >= 0.6 is 11.6 Å². The Morgan fingerprint density at radius 3 is 2.61 bits per heavy atom. The van der Waals surface area contributed by atoms with Gasteiger partial charge >= 0.3 is 0 Å². The molecule has 1 aromatic heterocycles. The zero-order chi connectivity index (χ0) is 19.3. The van der Waals surface area contributed by atoms with Crippen LogP contribution in [0.4, 0.5) is 0 Å². The molecular formula is C22H23ClN2O3. The average Bonchev–Trinajstić information content (AvgIpc) is 2.74. The molecule has 28 heavy (non-hydrogen) atoms. The van der Waals surface area contributed by atoms with Crippen LogP contribution in [0.1, 0.15) is 0 Å². The van der Waals surface area contributed by atoms with Crippen LogP contribution in [0.3, 0.4) is 0 Å². The number of rotatable bonds is 5. The summed E-state index contributed by atoms with van der Waals surface area (Å²) >= 11 is 6.02. The Balaban J connectivity index is 1.72. The van der Waals surface area contributed by atoms with Crippen LogP contribution in [0.5, 0.6) is 5.75 Å². The molecule has 2 heterocycles. The summed E-state index contributed by atoms with van der Waals surface area (Å²) in [6.07, 6.45) is 0. The topological polar surface area (TPSA) is 47.2 Å². The van der Waals surface area contributed by atoms with Crippen LogP contribution in [0.2, 0.25) is 5.02 Å². The summed E-state index contributed by atoms with van der Waals surface area (Å²) < 4.78 is 16.9. The molecule has 146 valence electrons. The van der Waals surface area contributed by atoms with E-state index in [2.05, 4.69) is 4.90 Å². The van der Waals surface area contributed by atoms with E-state index in [0.29, 0.717) is 5.02 Å². The summed E-state index contributed by atoms with van der Waals surface area (Å²) in [7, 11) is 1.66. The van der Waals surface area contributed by atoms with E-state index < -0.39 is 0 Å². The fraction of sp³-hybridized carbons (Fsp3) is 0.318. The highest BCUT2D eigenvalue weighted by molar-refractivity contribution is 6.30. The molecule has 0 amide bonds. The van der Waals surface area contributed by atoms with Crippen molar-refractivity contribution < 1.29 is 13.9 Å². The number of ether oxygens (including phenoxy) is 2. The highest BCUT2D eigenvalue weighted by atomic mass is 35.5. The smallest absolute Gasteiger partial charge is 0.137 e. The van der Waals surface area contributed by atoms with E-state index in [9.17, 15) is 0 Å². The minimum atomic E-state index is 0.699. The normalized spacial score (nSPS) is 15.9. The standard InChI is InChI=1S/C22H23ClN2O3/c1-26-18-6-7-21-19(14-18)20(24-8-9-25-10-12-27-13-11-25)15-22(28-21)16-2-4-17(23)5-3-16/h2-7,14-15H,8-13H2,1H3. The summed E-state index contributed by atoms with van der Waals surface area (Å²) in [6.45, 7) is 5.15. The SMILES string of the molecule is COc1ccc2oc(-c3ccc(Cl)cc3)cc(=NCCN3CCOCC3)c2c1. The molecule has 1 fully saturated rings. The number of nitrogens with zero attached hydrogens (tertiary/aromatic N) is 2. The number of benzene rings is 2. The molecule has 1 saturated heterocycles. The molecule has 0 atom stereocenters. The van der Waals surface area contributed by atoms with Crippen molar-refractivity contribution in [3.63, 3.8) is 0 Å². The number of methoxy groups -OCH3 is 1. The average molecular weight is 399 g/mol. The lowest BCUT2D eigenvalue weighted by molar-refractivity contribution is 0.0394. The molecule has 0 aliphatic carbocycles. The van der Waals surface area contributed by atoms with Crippen molar-refractivity contribution in [2.45, 2.75) is 0 Å². The van der Waals surface area contributed by atoms with Gasteiger partial charge < -0.3 is 13.9 Å². The highest BCUT2D eigenvalue weighted by Gasteiger charge is 2.10. The Kier molecular flexibility index (Phi) is 5.95. The van der Waals surface area contributed by atoms with Gasteiger partial charge in [-0.05, 0) is 42.5 Å². The number of hydrogen-bond donors (Lipinski definition) is 0. The molecule has 1 aliphatic heterocycles. The first-order valence-electron chi connectivity index (χ1n) is 9.41. The minimum Gasteiger partial charge on any atom is -0.497 e. The molecule has 5 nitrogen and oxygen atoms in total. The molecule has 0 bridgehead atoms. The number of fused-ring (bicyclic) bond motifs is 1. The Hall–Kier alpha value is -2.34. The van der Waals surface area contributed by atoms with Crippen molar-refractivity contribution in [3.05, 3.63) is 58.9 Å². The van der Waals surface area contributed by atoms with Gasteiger partial charge in [0.15, 0.2) is 0 Å². The van der Waals surface area contributed by atoms with Gasteiger partial charge in [0.1, 0.15) is 17.1 Å². The first-order chi connectivity index (χ1) is 13.7. The fourth-order valence-corrected chi connectivity index (χ4v) is 3.42. The molecule has 2 aromatic carbocycles. The fourth-order valence-electron chi connectivity index (χ4n) is 3.30. The van der Waals surface area contributed by atoms with E-state index in [1.54, 1.807) is 7.11 Å². The van der Waals surface area contributed by atoms with Crippen molar-refractivity contribution in [1.29, 1.82) is 0 Å². The van der Waals surface area contributed by atoms with E-state index in [0.717, 1.165) is 72.8 Å². The van der Waals surface area contributed by atoms with Crippen molar-refractivity contribution in [1.82, 2.24) is 4.90 Å². The third-order valence-electron chi connectivity index (χ3n) is 4.88. The van der Waals surface area contributed by atoms with Gasteiger partial charge in [-0.15, -0.1) is 0 Å². The number of morpholine rings is 1. The van der Waals surface area contributed by atoms with E-state index in [-0.39, 0.29) is 0 Å². The van der Waals surface area contributed by atoms with Gasteiger partial charge in [-0.3, -0.25) is 9.89 Å². The largest absolute Gasteiger partial charge is 0.497 e. The Morgan fingerprint density at radius 1 is 1.07 bits per heavy atom. The second-order valence-electron chi connectivity index (χ2n) is 6.70.